The zero-order valence-corrected chi connectivity index (χ0v) is 24.5. The number of carbonyl (C=O) groups excluding carboxylic acids is 2. The number of ether oxygens (including phenoxy) is 3. The van der Waals surface area contributed by atoms with E-state index < -0.39 is 5.60 Å². The molecule has 0 saturated carbocycles. The van der Waals surface area contributed by atoms with Gasteiger partial charge in [-0.15, -0.1) is 0 Å². The fourth-order valence-corrected chi connectivity index (χ4v) is 5.55. The number of rotatable bonds is 5. The van der Waals surface area contributed by atoms with Crippen LogP contribution in [0.3, 0.4) is 0 Å². The molecule has 1 aromatic carbocycles. The van der Waals surface area contributed by atoms with Crippen LogP contribution in [0, 0.1) is 0 Å². The summed E-state index contributed by atoms with van der Waals surface area (Å²) in [6, 6.07) is 1.02. The van der Waals surface area contributed by atoms with E-state index in [0.29, 0.717) is 48.4 Å². The van der Waals surface area contributed by atoms with Crippen LogP contribution in [-0.2, 0) is 11.3 Å². The third kappa shape index (κ3) is 5.55. The molecule has 1 saturated heterocycles. The van der Waals surface area contributed by atoms with Gasteiger partial charge in [-0.2, -0.15) is 0 Å². The van der Waals surface area contributed by atoms with Gasteiger partial charge < -0.3 is 19.1 Å². The third-order valence-electron chi connectivity index (χ3n) is 6.30. The predicted octanol–water partition coefficient (Wildman–Crippen LogP) is 5.87. The Hall–Kier alpha value is -2.63. The Balaban J connectivity index is 1.71. The summed E-state index contributed by atoms with van der Waals surface area (Å²) >= 11 is 14.8. The maximum Gasteiger partial charge on any atom is 0.410 e. The van der Waals surface area contributed by atoms with Crippen molar-refractivity contribution in [1.82, 2.24) is 14.9 Å². The monoisotopic (exact) mass is 583 g/mol. The number of hydrogen-bond donors (Lipinski definition) is 0. The number of methoxy groups -OCH3 is 2. The van der Waals surface area contributed by atoms with Crippen LogP contribution in [0.4, 0.5) is 21.1 Å². The van der Waals surface area contributed by atoms with Crippen molar-refractivity contribution in [3.8, 4) is 11.5 Å². The lowest BCUT2D eigenvalue weighted by atomic mass is 10.0. The van der Waals surface area contributed by atoms with E-state index in [1.807, 2.05) is 27.0 Å². The molecule has 4 rings (SSSR count). The van der Waals surface area contributed by atoms with Gasteiger partial charge in [0.05, 0.1) is 26.5 Å². The van der Waals surface area contributed by atoms with Gasteiger partial charge in [-0.3, -0.25) is 9.80 Å². The molecule has 0 bridgehead atoms. The average molecular weight is 585 g/mol. The van der Waals surface area contributed by atoms with Crippen LogP contribution in [0.1, 0.15) is 39.2 Å². The number of fused-ring (bicyclic) bond motifs is 1. The Labute approximate surface area is 236 Å². The second-order valence-corrected chi connectivity index (χ2v) is 11.4. The number of benzene rings is 1. The van der Waals surface area contributed by atoms with E-state index in [4.69, 9.17) is 42.4 Å². The van der Waals surface area contributed by atoms with Crippen LogP contribution < -0.4 is 19.3 Å². The van der Waals surface area contributed by atoms with Crippen LogP contribution in [0.2, 0.25) is 10.0 Å². The van der Waals surface area contributed by atoms with Gasteiger partial charge in [0, 0.05) is 37.0 Å². The van der Waals surface area contributed by atoms with Crippen molar-refractivity contribution in [2.75, 3.05) is 43.4 Å². The van der Waals surface area contributed by atoms with Gasteiger partial charge in [-0.1, -0.05) is 35.0 Å². The molecule has 13 heteroatoms. The lowest BCUT2D eigenvalue weighted by Gasteiger charge is -2.43. The fraction of sp³-hybridized carbons (Fsp3) is 0.520. The van der Waals surface area contributed by atoms with Crippen LogP contribution in [0.15, 0.2) is 17.4 Å². The van der Waals surface area contributed by atoms with Crippen molar-refractivity contribution in [3.05, 3.63) is 27.9 Å². The summed E-state index contributed by atoms with van der Waals surface area (Å²) in [6.45, 7) is 6.54. The molecule has 2 aliphatic heterocycles. The molecule has 0 unspecified atom stereocenters. The van der Waals surface area contributed by atoms with Crippen LogP contribution >= 0.6 is 35.0 Å². The summed E-state index contributed by atoms with van der Waals surface area (Å²) in [5.74, 6) is 1.20. The molecule has 0 radical (unpaired) electrons. The van der Waals surface area contributed by atoms with Gasteiger partial charge in [0.25, 0.3) is 0 Å². The summed E-state index contributed by atoms with van der Waals surface area (Å²) in [4.78, 5) is 40.7. The maximum absolute atomic E-state index is 14.2. The summed E-state index contributed by atoms with van der Waals surface area (Å²) < 4.78 is 16.4. The van der Waals surface area contributed by atoms with E-state index in [0.717, 1.165) is 5.56 Å². The van der Waals surface area contributed by atoms with E-state index in [1.54, 1.807) is 22.1 Å². The molecule has 2 aliphatic rings. The van der Waals surface area contributed by atoms with Gasteiger partial charge in [0.2, 0.25) is 0 Å². The molecule has 1 fully saturated rings. The van der Waals surface area contributed by atoms with Gasteiger partial charge in [-0.25, -0.2) is 19.6 Å². The number of thioether (sulfide) groups is 1. The zero-order chi connectivity index (χ0) is 27.8. The molecule has 0 aliphatic carbocycles. The second kappa shape index (κ2) is 11.2. The fourth-order valence-electron chi connectivity index (χ4n) is 4.51. The Morgan fingerprint density at radius 1 is 1.11 bits per heavy atom. The lowest BCUT2D eigenvalue weighted by molar-refractivity contribution is 0.0206. The highest BCUT2D eigenvalue weighted by molar-refractivity contribution is 7.98. The molecule has 206 valence electrons. The SMILES string of the molecule is COc1cc(OC)c(Cl)c(N2Cc3cnc(SC)nc3N(C3CCN(C(=O)OC(C)(C)C)CC3)C2=O)c1Cl. The molecule has 0 spiro atoms. The standard InChI is InChI=1S/C25H31Cl2N5O5S/c1-25(2,3)37-24(34)30-9-7-15(8-10-30)32-21-14(12-28-22(29-21)38-6)13-31(23(32)33)20-18(26)16(35-4)11-17(36-5)19(20)27/h11-12,15H,7-10,13H2,1-6H3. The topological polar surface area (TPSA) is 97.3 Å². The van der Waals surface area contributed by atoms with Gasteiger partial charge in [-0.05, 0) is 39.9 Å². The Morgan fingerprint density at radius 2 is 1.71 bits per heavy atom. The first-order chi connectivity index (χ1) is 18.0. The van der Waals surface area contributed by atoms with E-state index in [-0.39, 0.29) is 40.4 Å². The van der Waals surface area contributed by atoms with Crippen LogP contribution in [0.25, 0.3) is 0 Å². The van der Waals surface area contributed by atoms with E-state index in [2.05, 4.69) is 4.98 Å². The molecule has 0 atom stereocenters. The second-order valence-electron chi connectivity index (χ2n) is 9.90. The molecule has 3 heterocycles. The van der Waals surface area contributed by atoms with Gasteiger partial charge >= 0.3 is 12.1 Å². The van der Waals surface area contributed by atoms with Gasteiger partial charge in [0.1, 0.15) is 33.0 Å². The van der Waals surface area contributed by atoms with Crippen molar-refractivity contribution < 1.29 is 23.8 Å². The number of likely N-dealkylation sites (tertiary alicyclic amines) is 1. The highest BCUT2D eigenvalue weighted by Crippen LogP contribution is 2.48. The predicted molar refractivity (Wildman–Crippen MR) is 148 cm³/mol. The van der Waals surface area contributed by atoms with Crippen molar-refractivity contribution in [3.63, 3.8) is 0 Å². The Morgan fingerprint density at radius 3 is 2.24 bits per heavy atom. The van der Waals surface area contributed by atoms with Crippen LogP contribution in [0.5, 0.6) is 11.5 Å². The largest absolute Gasteiger partial charge is 0.495 e. The minimum Gasteiger partial charge on any atom is -0.495 e. The van der Waals surface area contributed by atoms with Crippen molar-refractivity contribution >= 4 is 58.6 Å². The first-order valence-corrected chi connectivity index (χ1v) is 14.1. The number of carbonyl (C=O) groups is 2. The highest BCUT2D eigenvalue weighted by atomic mass is 35.5. The third-order valence-corrected chi connectivity index (χ3v) is 7.59. The maximum atomic E-state index is 14.2. The van der Waals surface area contributed by atoms with E-state index in [9.17, 15) is 9.59 Å². The number of urea groups is 1. The Bertz CT molecular complexity index is 1210. The first kappa shape index (κ1) is 28.4. The van der Waals surface area contributed by atoms with Gasteiger partial charge in [0.15, 0.2) is 5.16 Å². The van der Waals surface area contributed by atoms with E-state index >= 15 is 0 Å². The molecule has 38 heavy (non-hydrogen) atoms. The zero-order valence-electron chi connectivity index (χ0n) is 22.2. The minimum absolute atomic E-state index is 0.159. The van der Waals surface area contributed by atoms with Crippen molar-refractivity contribution in [1.29, 1.82) is 0 Å². The smallest absolute Gasteiger partial charge is 0.410 e. The molecule has 0 N–H and O–H groups in total. The summed E-state index contributed by atoms with van der Waals surface area (Å²) in [7, 11) is 2.96. The number of aromatic nitrogens is 2. The normalized spacial score (nSPS) is 16.4. The number of nitrogens with zero attached hydrogens (tertiary/aromatic N) is 5. The number of anilines is 2. The number of piperidine rings is 1. The summed E-state index contributed by atoms with van der Waals surface area (Å²) in [6.07, 6.45) is 4.32. The van der Waals surface area contributed by atoms with E-state index in [1.165, 1.54) is 30.9 Å². The Kier molecular flexibility index (Phi) is 8.39. The number of halogens is 2. The lowest BCUT2D eigenvalue weighted by Crippen LogP contribution is -2.56. The number of amides is 3. The first-order valence-electron chi connectivity index (χ1n) is 12.1. The molecule has 10 nitrogen and oxygen atoms in total. The summed E-state index contributed by atoms with van der Waals surface area (Å²) in [5.41, 5.74) is 0.439. The quantitative estimate of drug-likeness (QED) is 0.318. The van der Waals surface area contributed by atoms with Crippen molar-refractivity contribution in [2.24, 2.45) is 0 Å². The van der Waals surface area contributed by atoms with Crippen molar-refractivity contribution in [2.45, 2.75) is 57.0 Å². The molecular weight excluding hydrogens is 553 g/mol. The molecule has 3 amide bonds. The minimum atomic E-state index is -0.586. The van der Waals surface area contributed by atoms with Crippen LogP contribution in [-0.4, -0.2) is 72.2 Å². The number of hydrogen-bond acceptors (Lipinski definition) is 8. The molecule has 2 aromatic rings. The highest BCUT2D eigenvalue weighted by Gasteiger charge is 2.41. The average Bonchev–Trinajstić information content (AvgIpc) is 2.88. The summed E-state index contributed by atoms with van der Waals surface area (Å²) in [5, 5.41) is 0.938. The molecular formula is C25H31Cl2N5O5S. The molecule has 1 aromatic heterocycles.